The van der Waals surface area contributed by atoms with Crippen molar-refractivity contribution in [3.05, 3.63) is 23.4 Å². The molecule has 0 bridgehead atoms. The number of nitrogens with one attached hydrogen (secondary N) is 2. The maximum Gasteiger partial charge on any atom is 0.273 e. The highest BCUT2D eigenvalue weighted by atomic mass is 16.2. The van der Waals surface area contributed by atoms with Crippen molar-refractivity contribution in [1.82, 2.24) is 15.2 Å². The van der Waals surface area contributed by atoms with Crippen molar-refractivity contribution >= 4 is 17.6 Å². The number of nitrogens with zero attached hydrogens (tertiary/aromatic N) is 2. The molecule has 0 unspecified atom stereocenters. The summed E-state index contributed by atoms with van der Waals surface area (Å²) in [5.74, 6) is 1.57. The van der Waals surface area contributed by atoms with E-state index < -0.39 is 6.04 Å². The first kappa shape index (κ1) is 19.6. The van der Waals surface area contributed by atoms with E-state index in [0.717, 1.165) is 18.7 Å². The minimum Gasteiger partial charge on any atom is -0.370 e. The molecule has 1 aliphatic heterocycles. The second-order valence-electron chi connectivity index (χ2n) is 8.34. The van der Waals surface area contributed by atoms with E-state index in [0.29, 0.717) is 29.9 Å². The number of fused-ring (bicyclic) bond motifs is 1. The molecule has 27 heavy (non-hydrogen) atoms. The average Bonchev–Trinajstić information content (AvgIpc) is 3.01. The molecular weight excluding hydrogens is 340 g/mol. The largest absolute Gasteiger partial charge is 0.370 e. The summed E-state index contributed by atoms with van der Waals surface area (Å²) in [5.41, 5.74) is 1.36. The van der Waals surface area contributed by atoms with Crippen LogP contribution in [0.1, 0.15) is 68.9 Å². The zero-order chi connectivity index (χ0) is 19.4. The second-order valence-corrected chi connectivity index (χ2v) is 8.34. The summed E-state index contributed by atoms with van der Waals surface area (Å²) in [6, 6.07) is 3.36. The van der Waals surface area contributed by atoms with E-state index in [4.69, 9.17) is 0 Å². The first-order valence-electron chi connectivity index (χ1n) is 10.3. The molecule has 1 fully saturated rings. The number of carbonyl (C=O) groups excluding carboxylic acids is 2. The fourth-order valence-corrected chi connectivity index (χ4v) is 3.84. The molecule has 1 aromatic heterocycles. The molecule has 6 nitrogen and oxygen atoms in total. The van der Waals surface area contributed by atoms with Gasteiger partial charge in [-0.3, -0.25) is 9.59 Å². The molecular formula is C21H32N4O2. The monoisotopic (exact) mass is 372 g/mol. The number of hydrogen-bond acceptors (Lipinski definition) is 4. The maximum absolute atomic E-state index is 12.8. The molecule has 2 heterocycles. The first-order valence-corrected chi connectivity index (χ1v) is 10.3. The molecule has 1 saturated carbocycles. The van der Waals surface area contributed by atoms with Crippen LogP contribution in [-0.2, 0) is 11.3 Å². The van der Waals surface area contributed by atoms with Crippen LogP contribution in [0.2, 0.25) is 0 Å². The summed E-state index contributed by atoms with van der Waals surface area (Å²) in [6.45, 7) is 8.03. The predicted octanol–water partition coefficient (Wildman–Crippen LogP) is 3.19. The lowest BCUT2D eigenvalue weighted by Gasteiger charge is -2.26. The number of aromatic nitrogens is 1. The Hall–Kier alpha value is -2.11. The van der Waals surface area contributed by atoms with Crippen molar-refractivity contribution in [3.8, 4) is 0 Å². The zero-order valence-electron chi connectivity index (χ0n) is 16.8. The molecule has 1 aliphatic carbocycles. The fraction of sp³-hybridized carbons (Fsp3) is 0.667. The molecule has 148 valence electrons. The van der Waals surface area contributed by atoms with Crippen molar-refractivity contribution < 1.29 is 9.59 Å². The van der Waals surface area contributed by atoms with Gasteiger partial charge in [-0.1, -0.05) is 39.2 Å². The van der Waals surface area contributed by atoms with E-state index in [-0.39, 0.29) is 11.8 Å². The quantitative estimate of drug-likeness (QED) is 0.771. The standard InChI is InChI=1S/C21H32N4O2/c1-14(2)11-22-18-10-9-17-13-25(21(27)19(17)24-18)15(3)20(26)23-12-16-7-5-4-6-8-16/h9-10,14-16H,4-8,11-13H2,1-3H3,(H,22,24)(H,23,26)/t15-/m1/s1. The van der Waals surface area contributed by atoms with E-state index in [1.807, 2.05) is 12.1 Å². The number of carbonyl (C=O) groups is 2. The maximum atomic E-state index is 12.8. The summed E-state index contributed by atoms with van der Waals surface area (Å²) in [7, 11) is 0. The molecule has 2 amide bonds. The third kappa shape index (κ3) is 4.79. The highest BCUT2D eigenvalue weighted by molar-refractivity contribution is 5.99. The Balaban J connectivity index is 1.58. The molecule has 2 N–H and O–H groups in total. The lowest BCUT2D eigenvalue weighted by Crippen LogP contribution is -2.46. The first-order chi connectivity index (χ1) is 13.0. The van der Waals surface area contributed by atoms with Crippen LogP contribution in [0.5, 0.6) is 0 Å². The van der Waals surface area contributed by atoms with Gasteiger partial charge in [0.2, 0.25) is 5.91 Å². The highest BCUT2D eigenvalue weighted by Crippen LogP contribution is 2.25. The summed E-state index contributed by atoms with van der Waals surface area (Å²) in [6.07, 6.45) is 6.21. The third-order valence-corrected chi connectivity index (χ3v) is 5.61. The molecule has 0 saturated heterocycles. The van der Waals surface area contributed by atoms with Gasteiger partial charge in [0.15, 0.2) is 0 Å². The Kier molecular flexibility index (Phi) is 6.34. The molecule has 3 rings (SSSR count). The molecule has 0 radical (unpaired) electrons. The molecule has 2 aliphatic rings. The molecule has 6 heteroatoms. The van der Waals surface area contributed by atoms with Gasteiger partial charge in [0.05, 0.1) is 0 Å². The van der Waals surface area contributed by atoms with E-state index in [1.54, 1.807) is 11.8 Å². The number of anilines is 1. The van der Waals surface area contributed by atoms with Crippen molar-refractivity contribution in [3.63, 3.8) is 0 Å². The minimum atomic E-state index is -0.484. The van der Waals surface area contributed by atoms with Crippen LogP contribution in [0.25, 0.3) is 0 Å². The Morgan fingerprint density at radius 1 is 1.22 bits per heavy atom. The second kappa shape index (κ2) is 8.72. The number of hydrogen-bond donors (Lipinski definition) is 2. The Morgan fingerprint density at radius 2 is 1.96 bits per heavy atom. The predicted molar refractivity (Wildman–Crippen MR) is 106 cm³/mol. The fourth-order valence-electron chi connectivity index (χ4n) is 3.84. The van der Waals surface area contributed by atoms with Crippen LogP contribution >= 0.6 is 0 Å². The van der Waals surface area contributed by atoms with Crippen LogP contribution in [0.3, 0.4) is 0 Å². The van der Waals surface area contributed by atoms with Crippen LogP contribution in [0.4, 0.5) is 5.82 Å². The third-order valence-electron chi connectivity index (χ3n) is 5.61. The number of amides is 2. The highest BCUT2D eigenvalue weighted by Gasteiger charge is 2.35. The SMILES string of the molecule is CC(C)CNc1ccc2c(n1)C(=O)N([C@H](C)C(=O)NCC1CCCCC1)C2. The van der Waals surface area contributed by atoms with Crippen molar-refractivity contribution in [2.75, 3.05) is 18.4 Å². The van der Waals surface area contributed by atoms with Crippen LogP contribution in [0, 0.1) is 11.8 Å². The van der Waals surface area contributed by atoms with Crippen molar-refractivity contribution in [2.24, 2.45) is 11.8 Å². The number of pyridine rings is 1. The van der Waals surface area contributed by atoms with Gasteiger partial charge >= 0.3 is 0 Å². The van der Waals surface area contributed by atoms with Gasteiger partial charge in [0.1, 0.15) is 17.6 Å². The summed E-state index contributed by atoms with van der Waals surface area (Å²) in [4.78, 5) is 31.5. The summed E-state index contributed by atoms with van der Waals surface area (Å²) >= 11 is 0. The Morgan fingerprint density at radius 3 is 2.67 bits per heavy atom. The van der Waals surface area contributed by atoms with E-state index in [1.165, 1.54) is 32.1 Å². The van der Waals surface area contributed by atoms with Crippen molar-refractivity contribution in [1.29, 1.82) is 0 Å². The van der Waals surface area contributed by atoms with Gasteiger partial charge in [0, 0.05) is 25.2 Å². The lowest BCUT2D eigenvalue weighted by atomic mass is 9.89. The summed E-state index contributed by atoms with van der Waals surface area (Å²) < 4.78 is 0. The van der Waals surface area contributed by atoms with E-state index in [2.05, 4.69) is 29.5 Å². The van der Waals surface area contributed by atoms with Gasteiger partial charge in [-0.05, 0) is 37.7 Å². The van der Waals surface area contributed by atoms with Gasteiger partial charge in [0.25, 0.3) is 5.91 Å². The smallest absolute Gasteiger partial charge is 0.273 e. The molecule has 1 aromatic rings. The molecule has 1 atom stereocenters. The normalized spacial score (nSPS) is 18.5. The van der Waals surface area contributed by atoms with E-state index >= 15 is 0 Å². The lowest BCUT2D eigenvalue weighted by molar-refractivity contribution is -0.125. The minimum absolute atomic E-state index is 0.0696. The van der Waals surface area contributed by atoms with Crippen LogP contribution in [-0.4, -0.2) is 40.8 Å². The van der Waals surface area contributed by atoms with Crippen LogP contribution in [0.15, 0.2) is 12.1 Å². The average molecular weight is 373 g/mol. The van der Waals surface area contributed by atoms with Crippen molar-refractivity contribution in [2.45, 2.75) is 65.5 Å². The topological polar surface area (TPSA) is 74.3 Å². The van der Waals surface area contributed by atoms with E-state index in [9.17, 15) is 9.59 Å². The summed E-state index contributed by atoms with van der Waals surface area (Å²) in [5, 5.41) is 6.31. The van der Waals surface area contributed by atoms with Gasteiger partial charge in [-0.2, -0.15) is 0 Å². The van der Waals surface area contributed by atoms with Gasteiger partial charge in [-0.15, -0.1) is 0 Å². The van der Waals surface area contributed by atoms with Crippen LogP contribution < -0.4 is 10.6 Å². The van der Waals surface area contributed by atoms with Gasteiger partial charge < -0.3 is 15.5 Å². The number of rotatable bonds is 7. The van der Waals surface area contributed by atoms with Gasteiger partial charge in [-0.25, -0.2) is 4.98 Å². The Bertz CT molecular complexity index is 683. The molecule has 0 spiro atoms. The zero-order valence-corrected chi connectivity index (χ0v) is 16.8. The molecule has 0 aromatic carbocycles. The Labute approximate surface area is 162 Å².